The molecule has 0 spiro atoms. The van der Waals surface area contributed by atoms with Crippen molar-refractivity contribution in [2.75, 3.05) is 5.32 Å². The summed E-state index contributed by atoms with van der Waals surface area (Å²) in [6.45, 7) is 4.08. The van der Waals surface area contributed by atoms with Crippen LogP contribution in [0.25, 0.3) is 23.2 Å². The van der Waals surface area contributed by atoms with E-state index in [4.69, 9.17) is 10.2 Å². The van der Waals surface area contributed by atoms with Crippen LogP contribution in [0.2, 0.25) is 0 Å². The van der Waals surface area contributed by atoms with Crippen molar-refractivity contribution in [3.63, 3.8) is 0 Å². The van der Waals surface area contributed by atoms with Gasteiger partial charge in [0.2, 0.25) is 5.95 Å². The highest BCUT2D eigenvalue weighted by Gasteiger charge is 2.23. The van der Waals surface area contributed by atoms with Gasteiger partial charge in [-0.1, -0.05) is 44.2 Å². The number of rotatable bonds is 12. The number of nitrogens with one attached hydrogen (secondary N) is 1. The maximum Gasteiger partial charge on any atom is 0.305 e. The number of benzene rings is 2. The van der Waals surface area contributed by atoms with Crippen molar-refractivity contribution in [1.82, 2.24) is 19.7 Å². The Morgan fingerprint density at radius 1 is 1.10 bits per heavy atom. The molecule has 1 unspecified atom stereocenters. The van der Waals surface area contributed by atoms with E-state index in [0.717, 1.165) is 17.8 Å². The molecule has 0 aliphatic carbocycles. The number of carboxylic acids is 1. The van der Waals surface area contributed by atoms with Gasteiger partial charge in [-0.3, -0.25) is 4.79 Å². The number of nitrogens with zero attached hydrogens (tertiary/aromatic N) is 4. The van der Waals surface area contributed by atoms with Crippen molar-refractivity contribution in [2.24, 2.45) is 0 Å². The monoisotopic (exact) mass is 545 g/mol. The number of hydrogen-bond donors (Lipinski definition) is 4. The van der Waals surface area contributed by atoms with Crippen molar-refractivity contribution in [3.05, 3.63) is 90.0 Å². The van der Waals surface area contributed by atoms with Crippen molar-refractivity contribution in [2.45, 2.75) is 51.2 Å². The summed E-state index contributed by atoms with van der Waals surface area (Å²) in [6, 6.07) is 17.3. The SMILES string of the molecule is CCC(C)c1nn(-c2ccnc(Nc3ccccc3)n2)c(-c2ccc(F)cc2)c1/C=C/[C@@H](O)C[C@@H](O)CC(=O)O. The van der Waals surface area contributed by atoms with E-state index < -0.39 is 24.6 Å². The lowest BCUT2D eigenvalue weighted by molar-refractivity contribution is -0.139. The quantitative estimate of drug-likeness (QED) is 0.188. The van der Waals surface area contributed by atoms with Gasteiger partial charge in [-0.25, -0.2) is 14.1 Å². The van der Waals surface area contributed by atoms with Crippen LogP contribution in [-0.4, -0.2) is 53.2 Å². The highest BCUT2D eigenvalue weighted by molar-refractivity contribution is 5.76. The average Bonchev–Trinajstić information content (AvgIpc) is 3.31. The summed E-state index contributed by atoms with van der Waals surface area (Å²) in [5.41, 5.74) is 3.58. The number of carboxylic acid groups (broad SMARTS) is 1. The molecule has 0 radical (unpaired) electrons. The van der Waals surface area contributed by atoms with Crippen molar-refractivity contribution in [3.8, 4) is 17.1 Å². The van der Waals surface area contributed by atoms with Crippen molar-refractivity contribution < 1.29 is 24.5 Å². The molecular weight excluding hydrogens is 513 g/mol. The van der Waals surface area contributed by atoms with Crippen LogP contribution >= 0.6 is 0 Å². The molecule has 0 fully saturated rings. The third kappa shape index (κ3) is 7.16. The minimum absolute atomic E-state index is 0.0265. The second kappa shape index (κ2) is 13.1. The molecule has 3 atom stereocenters. The number of carbonyl (C=O) groups is 1. The van der Waals surface area contributed by atoms with E-state index in [0.29, 0.717) is 28.6 Å². The molecule has 0 bridgehead atoms. The Hall–Kier alpha value is -4.41. The maximum absolute atomic E-state index is 13.9. The fraction of sp³-hybridized carbons (Fsp3) is 0.267. The summed E-state index contributed by atoms with van der Waals surface area (Å²) in [7, 11) is 0. The van der Waals surface area contributed by atoms with Gasteiger partial charge in [-0.05, 0) is 42.8 Å². The first kappa shape index (κ1) is 28.6. The lowest BCUT2D eigenvalue weighted by Crippen LogP contribution is -2.19. The second-order valence-electron chi connectivity index (χ2n) is 9.52. The highest BCUT2D eigenvalue weighted by Crippen LogP contribution is 2.34. The molecular formula is C30H32FN5O4. The van der Waals surface area contributed by atoms with Crippen LogP contribution in [-0.2, 0) is 4.79 Å². The second-order valence-corrected chi connectivity index (χ2v) is 9.52. The summed E-state index contributed by atoms with van der Waals surface area (Å²) in [4.78, 5) is 19.9. The first-order valence-electron chi connectivity index (χ1n) is 13.1. The van der Waals surface area contributed by atoms with E-state index in [1.54, 1.807) is 35.2 Å². The van der Waals surface area contributed by atoms with E-state index in [1.165, 1.54) is 18.2 Å². The van der Waals surface area contributed by atoms with Crippen molar-refractivity contribution in [1.29, 1.82) is 0 Å². The molecule has 2 aromatic heterocycles. The molecule has 208 valence electrons. The van der Waals surface area contributed by atoms with E-state index in [2.05, 4.69) is 15.3 Å². The number of aliphatic carboxylic acids is 1. The molecule has 0 saturated carbocycles. The molecule has 4 N–H and O–H groups in total. The predicted molar refractivity (Wildman–Crippen MR) is 151 cm³/mol. The van der Waals surface area contributed by atoms with Gasteiger partial charge in [-0.2, -0.15) is 10.1 Å². The summed E-state index contributed by atoms with van der Waals surface area (Å²) in [5.74, 6) is -0.649. The Kier molecular flexibility index (Phi) is 9.36. The standard InChI is InChI=1S/C30H32FN5O4/c1-3-19(2)28-25(14-13-23(37)17-24(38)18-27(39)40)29(20-9-11-21(31)12-10-20)36(35-28)26-15-16-32-30(34-26)33-22-7-5-4-6-8-22/h4-16,19,23-24,37-38H,3,17-18H2,1-2H3,(H,39,40)(H,32,33,34)/b14-13+/t19?,23-,24-/m1/s1. The number of anilines is 2. The number of aliphatic hydroxyl groups is 2. The zero-order chi connectivity index (χ0) is 28.6. The maximum atomic E-state index is 13.9. The fourth-order valence-electron chi connectivity index (χ4n) is 4.25. The zero-order valence-corrected chi connectivity index (χ0v) is 22.3. The largest absolute Gasteiger partial charge is 0.481 e. The third-order valence-electron chi connectivity index (χ3n) is 6.44. The first-order chi connectivity index (χ1) is 19.2. The molecule has 4 aromatic rings. The molecule has 0 saturated heterocycles. The van der Waals surface area contributed by atoms with Crippen LogP contribution in [0, 0.1) is 5.82 Å². The van der Waals surface area contributed by atoms with Crippen LogP contribution in [0.5, 0.6) is 0 Å². The highest BCUT2D eigenvalue weighted by atomic mass is 19.1. The van der Waals surface area contributed by atoms with Gasteiger partial charge in [0.1, 0.15) is 5.82 Å². The average molecular weight is 546 g/mol. The van der Waals surface area contributed by atoms with Crippen LogP contribution in [0.3, 0.4) is 0 Å². The normalized spacial score (nSPS) is 13.7. The smallest absolute Gasteiger partial charge is 0.305 e. The Labute approximate surface area is 231 Å². The Bertz CT molecular complexity index is 1460. The fourth-order valence-corrected chi connectivity index (χ4v) is 4.25. The number of para-hydroxylation sites is 1. The van der Waals surface area contributed by atoms with Crippen LogP contribution < -0.4 is 5.32 Å². The molecule has 9 nitrogen and oxygen atoms in total. The Morgan fingerprint density at radius 2 is 1.82 bits per heavy atom. The van der Waals surface area contributed by atoms with Gasteiger partial charge in [0.25, 0.3) is 0 Å². The van der Waals surface area contributed by atoms with E-state index in [1.807, 2.05) is 44.2 Å². The van der Waals surface area contributed by atoms with Gasteiger partial charge in [0.15, 0.2) is 5.82 Å². The molecule has 0 aliphatic heterocycles. The molecule has 10 heteroatoms. The topological polar surface area (TPSA) is 133 Å². The number of aromatic nitrogens is 4. The van der Waals surface area contributed by atoms with Crippen LogP contribution in [0.15, 0.2) is 72.9 Å². The van der Waals surface area contributed by atoms with Crippen LogP contribution in [0.1, 0.15) is 50.3 Å². The predicted octanol–water partition coefficient (Wildman–Crippen LogP) is 5.33. The molecule has 0 aliphatic rings. The summed E-state index contributed by atoms with van der Waals surface area (Å²) in [6.07, 6.45) is 2.74. The molecule has 0 amide bonds. The molecule has 2 aromatic carbocycles. The van der Waals surface area contributed by atoms with Crippen LogP contribution in [0.4, 0.5) is 16.0 Å². The number of halogens is 1. The summed E-state index contributed by atoms with van der Waals surface area (Å²) in [5, 5.41) is 37.5. The number of hydrogen-bond acceptors (Lipinski definition) is 7. The summed E-state index contributed by atoms with van der Waals surface area (Å²) >= 11 is 0. The van der Waals surface area contributed by atoms with Crippen molar-refractivity contribution >= 4 is 23.7 Å². The molecule has 4 rings (SSSR count). The molecule has 2 heterocycles. The first-order valence-corrected chi connectivity index (χ1v) is 13.1. The minimum atomic E-state index is -1.19. The lowest BCUT2D eigenvalue weighted by Gasteiger charge is -2.12. The van der Waals surface area contributed by atoms with Gasteiger partial charge in [-0.15, -0.1) is 0 Å². The van der Waals surface area contributed by atoms with E-state index in [-0.39, 0.29) is 18.2 Å². The molecule has 40 heavy (non-hydrogen) atoms. The third-order valence-corrected chi connectivity index (χ3v) is 6.44. The zero-order valence-electron chi connectivity index (χ0n) is 22.3. The lowest BCUT2D eigenvalue weighted by atomic mass is 9.96. The van der Waals surface area contributed by atoms with Gasteiger partial charge in [0.05, 0.1) is 30.0 Å². The Balaban J connectivity index is 1.81. The van der Waals surface area contributed by atoms with Gasteiger partial charge >= 0.3 is 5.97 Å². The minimum Gasteiger partial charge on any atom is -0.481 e. The Morgan fingerprint density at radius 3 is 2.50 bits per heavy atom. The van der Waals surface area contributed by atoms with Gasteiger partial charge < -0.3 is 20.6 Å². The number of aliphatic hydroxyl groups excluding tert-OH is 2. The van der Waals surface area contributed by atoms with E-state index in [9.17, 15) is 19.4 Å². The van der Waals surface area contributed by atoms with E-state index >= 15 is 0 Å². The summed E-state index contributed by atoms with van der Waals surface area (Å²) < 4.78 is 15.6. The van der Waals surface area contributed by atoms with Gasteiger partial charge in [0, 0.05) is 41.4 Å².